The molecule has 142 valence electrons. The topological polar surface area (TPSA) is 52.0 Å². The summed E-state index contributed by atoms with van der Waals surface area (Å²) in [4.78, 5) is 4.79. The molecule has 0 bridgehead atoms. The molecule has 0 radical (unpaired) electrons. The Labute approximate surface area is 170 Å². The van der Waals surface area contributed by atoms with E-state index >= 15 is 0 Å². The first kappa shape index (κ1) is 20.8. The number of nitrogens with zero attached hydrogens (tertiary/aromatic N) is 3. The van der Waals surface area contributed by atoms with Crippen LogP contribution in [0.25, 0.3) is 21.9 Å². The Morgan fingerprint density at radius 2 is 1.74 bits per heavy atom. The molecule has 2 aromatic heterocycles. The molecule has 0 aliphatic heterocycles. The van der Waals surface area contributed by atoms with Crippen LogP contribution in [0.4, 0.5) is 5.69 Å². The molecule has 2 aromatic carbocycles. The van der Waals surface area contributed by atoms with Gasteiger partial charge < -0.3 is 10.1 Å². The Hall–Kier alpha value is -2.50. The second-order valence-electron chi connectivity index (χ2n) is 5.90. The number of methoxy groups -OCH3 is 1. The summed E-state index contributed by atoms with van der Waals surface area (Å²) >= 11 is 0. The minimum atomic E-state index is 0. The summed E-state index contributed by atoms with van der Waals surface area (Å²) in [5, 5.41) is 10.2. The summed E-state index contributed by atoms with van der Waals surface area (Å²) in [7, 11) is 1.68. The zero-order valence-corrected chi connectivity index (χ0v) is 16.8. The van der Waals surface area contributed by atoms with Crippen LogP contribution in [0.3, 0.4) is 0 Å². The molecule has 0 spiro atoms. The molecule has 0 amide bonds. The highest BCUT2D eigenvalue weighted by molar-refractivity contribution is 6.06. The van der Waals surface area contributed by atoms with Crippen molar-refractivity contribution in [3.05, 3.63) is 60.3 Å². The van der Waals surface area contributed by atoms with Gasteiger partial charge in [0.25, 0.3) is 0 Å². The lowest BCUT2D eigenvalue weighted by molar-refractivity contribution is 0.414. The SMILES string of the molecule is CCn1ncc2c(NCc3ccc(OC)cc3)c3ccccc3nc21.Cl.Cl. The second kappa shape index (κ2) is 8.93. The van der Waals surface area contributed by atoms with E-state index in [1.165, 1.54) is 5.56 Å². The van der Waals surface area contributed by atoms with Crippen molar-refractivity contribution < 1.29 is 4.74 Å². The summed E-state index contributed by atoms with van der Waals surface area (Å²) < 4.78 is 7.15. The van der Waals surface area contributed by atoms with Gasteiger partial charge in [0, 0.05) is 18.5 Å². The van der Waals surface area contributed by atoms with E-state index < -0.39 is 0 Å². The number of hydrogen-bond donors (Lipinski definition) is 1. The van der Waals surface area contributed by atoms with E-state index in [0.717, 1.165) is 46.5 Å². The smallest absolute Gasteiger partial charge is 0.160 e. The monoisotopic (exact) mass is 404 g/mol. The highest BCUT2D eigenvalue weighted by atomic mass is 35.5. The molecule has 0 unspecified atom stereocenters. The number of aryl methyl sites for hydroxylation is 1. The predicted octanol–water partition coefficient (Wildman–Crippen LogP) is 5.07. The van der Waals surface area contributed by atoms with Crippen LogP contribution in [-0.2, 0) is 13.1 Å². The van der Waals surface area contributed by atoms with Gasteiger partial charge in [0.2, 0.25) is 0 Å². The van der Waals surface area contributed by atoms with Crippen molar-refractivity contribution in [2.45, 2.75) is 20.0 Å². The van der Waals surface area contributed by atoms with E-state index in [2.05, 4.69) is 35.5 Å². The highest BCUT2D eigenvalue weighted by Crippen LogP contribution is 2.31. The lowest BCUT2D eigenvalue weighted by Gasteiger charge is -2.12. The number of pyridine rings is 1. The van der Waals surface area contributed by atoms with E-state index in [9.17, 15) is 0 Å². The predicted molar refractivity (Wildman–Crippen MR) is 116 cm³/mol. The van der Waals surface area contributed by atoms with Gasteiger partial charge in [-0.3, -0.25) is 0 Å². The van der Waals surface area contributed by atoms with E-state index in [1.807, 2.05) is 41.2 Å². The van der Waals surface area contributed by atoms with Crippen LogP contribution in [0, 0.1) is 0 Å². The fourth-order valence-corrected chi connectivity index (χ4v) is 3.07. The fraction of sp³-hybridized carbons (Fsp3) is 0.200. The first-order chi connectivity index (χ1) is 12.3. The number of anilines is 1. The maximum absolute atomic E-state index is 5.22. The number of nitrogens with one attached hydrogen (secondary N) is 1. The zero-order chi connectivity index (χ0) is 17.2. The van der Waals surface area contributed by atoms with Crippen molar-refractivity contribution in [2.75, 3.05) is 12.4 Å². The molecule has 0 atom stereocenters. The summed E-state index contributed by atoms with van der Waals surface area (Å²) in [6, 6.07) is 16.3. The van der Waals surface area contributed by atoms with Gasteiger partial charge in [-0.25, -0.2) is 9.67 Å². The van der Waals surface area contributed by atoms with Gasteiger partial charge in [-0.1, -0.05) is 30.3 Å². The number of aromatic nitrogens is 3. The average Bonchev–Trinajstić information content (AvgIpc) is 3.08. The Balaban J connectivity index is 0.00000131. The number of halogens is 2. The van der Waals surface area contributed by atoms with E-state index in [0.29, 0.717) is 0 Å². The van der Waals surface area contributed by atoms with Gasteiger partial charge in [0.05, 0.1) is 29.9 Å². The molecule has 0 fully saturated rings. The van der Waals surface area contributed by atoms with Crippen molar-refractivity contribution in [2.24, 2.45) is 0 Å². The minimum absolute atomic E-state index is 0. The van der Waals surface area contributed by atoms with Gasteiger partial charge in [0.1, 0.15) is 5.75 Å². The zero-order valence-electron chi connectivity index (χ0n) is 15.2. The maximum Gasteiger partial charge on any atom is 0.160 e. The molecule has 4 rings (SSSR count). The van der Waals surface area contributed by atoms with Crippen molar-refractivity contribution in [3.8, 4) is 5.75 Å². The Kier molecular flexibility index (Phi) is 6.88. The molecular formula is C20H22Cl2N4O. The number of rotatable bonds is 5. The number of para-hydroxylation sites is 1. The molecule has 7 heteroatoms. The maximum atomic E-state index is 5.22. The third-order valence-electron chi connectivity index (χ3n) is 4.41. The second-order valence-corrected chi connectivity index (χ2v) is 5.90. The Morgan fingerprint density at radius 1 is 1.00 bits per heavy atom. The third-order valence-corrected chi connectivity index (χ3v) is 4.41. The molecule has 4 aromatic rings. The van der Waals surface area contributed by atoms with Crippen LogP contribution in [-0.4, -0.2) is 21.9 Å². The fourth-order valence-electron chi connectivity index (χ4n) is 3.07. The molecule has 27 heavy (non-hydrogen) atoms. The van der Waals surface area contributed by atoms with Crippen molar-refractivity contribution >= 4 is 52.4 Å². The molecule has 0 aliphatic carbocycles. The van der Waals surface area contributed by atoms with Gasteiger partial charge in [0.15, 0.2) is 5.65 Å². The third kappa shape index (κ3) is 3.94. The van der Waals surface area contributed by atoms with Gasteiger partial charge in [-0.05, 0) is 30.7 Å². The Morgan fingerprint density at radius 3 is 2.44 bits per heavy atom. The van der Waals surface area contributed by atoms with Crippen LogP contribution in [0.5, 0.6) is 5.75 Å². The van der Waals surface area contributed by atoms with Crippen LogP contribution < -0.4 is 10.1 Å². The number of benzene rings is 2. The summed E-state index contributed by atoms with van der Waals surface area (Å²) in [5.41, 5.74) is 4.16. The minimum Gasteiger partial charge on any atom is -0.497 e. The van der Waals surface area contributed by atoms with Gasteiger partial charge in [-0.15, -0.1) is 24.8 Å². The average molecular weight is 405 g/mol. The molecule has 1 N–H and O–H groups in total. The lowest BCUT2D eigenvalue weighted by Crippen LogP contribution is -2.03. The van der Waals surface area contributed by atoms with E-state index in [1.54, 1.807) is 7.11 Å². The van der Waals surface area contributed by atoms with Crippen molar-refractivity contribution in [1.29, 1.82) is 0 Å². The molecule has 0 saturated carbocycles. The largest absolute Gasteiger partial charge is 0.497 e. The first-order valence-corrected chi connectivity index (χ1v) is 8.41. The molecular weight excluding hydrogens is 383 g/mol. The van der Waals surface area contributed by atoms with Crippen LogP contribution in [0.2, 0.25) is 0 Å². The van der Waals surface area contributed by atoms with Crippen molar-refractivity contribution in [3.63, 3.8) is 0 Å². The van der Waals surface area contributed by atoms with Gasteiger partial charge in [-0.2, -0.15) is 5.10 Å². The van der Waals surface area contributed by atoms with Crippen LogP contribution in [0.15, 0.2) is 54.7 Å². The van der Waals surface area contributed by atoms with Crippen molar-refractivity contribution in [1.82, 2.24) is 14.8 Å². The molecule has 0 saturated heterocycles. The number of hydrogen-bond acceptors (Lipinski definition) is 4. The summed E-state index contributed by atoms with van der Waals surface area (Å²) in [5.74, 6) is 0.865. The Bertz CT molecular complexity index is 1030. The standard InChI is InChI=1S/C20H20N4O.2ClH/c1-3-24-20-17(13-22-24)19(16-6-4-5-7-18(16)23-20)21-12-14-8-10-15(25-2)11-9-14;;/h4-11,13H,3,12H2,1-2H3,(H,21,23);2*1H. The summed E-state index contributed by atoms with van der Waals surface area (Å²) in [6.07, 6.45) is 1.90. The number of fused-ring (bicyclic) bond motifs is 2. The summed E-state index contributed by atoms with van der Waals surface area (Å²) in [6.45, 7) is 3.60. The molecule has 5 nitrogen and oxygen atoms in total. The molecule has 0 aliphatic rings. The lowest BCUT2D eigenvalue weighted by atomic mass is 10.1. The van der Waals surface area contributed by atoms with E-state index in [-0.39, 0.29) is 24.8 Å². The quantitative estimate of drug-likeness (QED) is 0.504. The normalized spacial score (nSPS) is 10.3. The van der Waals surface area contributed by atoms with E-state index in [4.69, 9.17) is 9.72 Å². The van der Waals surface area contributed by atoms with Gasteiger partial charge >= 0.3 is 0 Å². The highest BCUT2D eigenvalue weighted by Gasteiger charge is 2.12. The number of ether oxygens (including phenoxy) is 1. The van der Waals surface area contributed by atoms with Crippen LogP contribution in [0.1, 0.15) is 12.5 Å². The first-order valence-electron chi connectivity index (χ1n) is 8.41. The molecule has 2 heterocycles. The van der Waals surface area contributed by atoms with Crippen LogP contribution >= 0.6 is 24.8 Å².